The molecule has 0 bridgehead atoms. The Balaban J connectivity index is 1.63. The molecule has 5 rings (SSSR count). The molecule has 3 aromatic carbocycles. The summed E-state index contributed by atoms with van der Waals surface area (Å²) in [6.45, 7) is 2.57. The largest absolute Gasteiger partial charge is 0.497 e. The molecule has 0 amide bonds. The van der Waals surface area contributed by atoms with Crippen LogP contribution in [0.1, 0.15) is 35.7 Å². The summed E-state index contributed by atoms with van der Waals surface area (Å²) in [5, 5.41) is 3.47. The zero-order valence-corrected chi connectivity index (χ0v) is 20.3. The Morgan fingerprint density at radius 3 is 2.54 bits per heavy atom. The first kappa shape index (κ1) is 23.4. The summed E-state index contributed by atoms with van der Waals surface area (Å²) < 4.78 is 28.4. The average molecular weight is 474 g/mol. The number of hydrogen-bond acceptors (Lipinski definition) is 4. The Labute approximate surface area is 205 Å². The van der Waals surface area contributed by atoms with Crippen LogP contribution in [0.5, 0.6) is 11.5 Å². The summed E-state index contributed by atoms with van der Waals surface area (Å²) >= 11 is 0. The molecule has 1 atom stereocenters. The molecule has 1 N–H and O–H groups in total. The predicted molar refractivity (Wildman–Crippen MR) is 137 cm³/mol. The third-order valence-electron chi connectivity index (χ3n) is 7.18. The molecule has 182 valence electrons. The van der Waals surface area contributed by atoms with E-state index in [4.69, 9.17) is 14.5 Å². The van der Waals surface area contributed by atoms with Crippen LogP contribution in [0.15, 0.2) is 66.7 Å². The smallest absolute Gasteiger partial charge is 0.126 e. The Morgan fingerprint density at radius 1 is 0.971 bits per heavy atom. The molecule has 0 aliphatic carbocycles. The number of hydrogen-bond donors (Lipinski definition) is 1. The van der Waals surface area contributed by atoms with Gasteiger partial charge in [-0.1, -0.05) is 30.3 Å². The van der Waals surface area contributed by atoms with Crippen molar-refractivity contribution in [2.75, 3.05) is 27.3 Å². The molecular formula is C29H32FN3O2. The van der Waals surface area contributed by atoms with E-state index < -0.39 is 0 Å². The Hall–Kier alpha value is -3.38. The highest BCUT2D eigenvalue weighted by molar-refractivity contribution is 5.76. The van der Waals surface area contributed by atoms with Gasteiger partial charge in [-0.25, -0.2) is 9.37 Å². The summed E-state index contributed by atoms with van der Waals surface area (Å²) in [6.07, 6.45) is 2.64. The van der Waals surface area contributed by atoms with Crippen molar-refractivity contribution >= 4 is 11.0 Å². The SMILES string of the molecule is COc1ccc(F)c(CC(c2nc3ccccc3n2Cc2ccccc2OC)C2CCNCC2)c1. The third kappa shape index (κ3) is 4.89. The second-order valence-electron chi connectivity index (χ2n) is 9.21. The molecule has 1 unspecified atom stereocenters. The Morgan fingerprint density at radius 2 is 1.74 bits per heavy atom. The molecule has 1 aliphatic rings. The number of halogens is 1. The van der Waals surface area contributed by atoms with E-state index in [2.05, 4.69) is 28.1 Å². The van der Waals surface area contributed by atoms with E-state index in [1.54, 1.807) is 20.3 Å². The van der Waals surface area contributed by atoms with Crippen LogP contribution in [-0.4, -0.2) is 36.9 Å². The normalized spacial score (nSPS) is 15.3. The average Bonchev–Trinajstić information content (AvgIpc) is 3.27. The van der Waals surface area contributed by atoms with Crippen LogP contribution >= 0.6 is 0 Å². The lowest BCUT2D eigenvalue weighted by Gasteiger charge is -2.31. The van der Waals surface area contributed by atoms with E-state index in [0.29, 0.717) is 30.2 Å². The van der Waals surface area contributed by atoms with E-state index in [0.717, 1.165) is 54.1 Å². The first-order chi connectivity index (χ1) is 17.2. The number of rotatable bonds is 8. The first-order valence-electron chi connectivity index (χ1n) is 12.3. The van der Waals surface area contributed by atoms with E-state index >= 15 is 0 Å². The molecule has 35 heavy (non-hydrogen) atoms. The quantitative estimate of drug-likeness (QED) is 0.364. The summed E-state index contributed by atoms with van der Waals surface area (Å²) in [7, 11) is 3.32. The number of nitrogens with zero attached hydrogens (tertiary/aromatic N) is 2. The van der Waals surface area contributed by atoms with Gasteiger partial charge in [0.15, 0.2) is 0 Å². The topological polar surface area (TPSA) is 48.3 Å². The van der Waals surface area contributed by atoms with E-state index in [9.17, 15) is 4.39 Å². The predicted octanol–water partition coefficient (Wildman–Crippen LogP) is 5.57. The van der Waals surface area contributed by atoms with Crippen molar-refractivity contribution in [2.45, 2.75) is 31.7 Å². The second kappa shape index (κ2) is 10.5. The van der Waals surface area contributed by atoms with Gasteiger partial charge in [-0.15, -0.1) is 0 Å². The van der Waals surface area contributed by atoms with Crippen LogP contribution in [0, 0.1) is 11.7 Å². The van der Waals surface area contributed by atoms with Crippen molar-refractivity contribution in [1.82, 2.24) is 14.9 Å². The molecule has 1 fully saturated rings. The molecular weight excluding hydrogens is 441 g/mol. The van der Waals surface area contributed by atoms with Crippen molar-refractivity contribution in [1.29, 1.82) is 0 Å². The fourth-order valence-corrected chi connectivity index (χ4v) is 5.33. The molecule has 6 heteroatoms. The van der Waals surface area contributed by atoms with E-state index in [1.165, 1.54) is 6.07 Å². The van der Waals surface area contributed by atoms with Crippen molar-refractivity contribution in [3.05, 3.63) is 89.5 Å². The Kier molecular flexibility index (Phi) is 7.00. The minimum atomic E-state index is -0.197. The number of fused-ring (bicyclic) bond motifs is 1. The van der Waals surface area contributed by atoms with Gasteiger partial charge in [-0.05, 0) is 80.2 Å². The summed E-state index contributed by atoms with van der Waals surface area (Å²) in [4.78, 5) is 5.16. The van der Waals surface area contributed by atoms with Crippen LogP contribution in [0.3, 0.4) is 0 Å². The number of benzene rings is 3. The van der Waals surface area contributed by atoms with Crippen molar-refractivity contribution < 1.29 is 13.9 Å². The van der Waals surface area contributed by atoms with Gasteiger partial charge in [0.2, 0.25) is 0 Å². The van der Waals surface area contributed by atoms with Crippen molar-refractivity contribution in [3.8, 4) is 11.5 Å². The van der Waals surface area contributed by atoms with Crippen LogP contribution in [0.25, 0.3) is 11.0 Å². The van der Waals surface area contributed by atoms with Crippen LogP contribution < -0.4 is 14.8 Å². The molecule has 1 aromatic heterocycles. The third-order valence-corrected chi connectivity index (χ3v) is 7.18. The molecule has 0 saturated carbocycles. The van der Waals surface area contributed by atoms with Gasteiger partial charge in [0.1, 0.15) is 23.1 Å². The number of methoxy groups -OCH3 is 2. The highest BCUT2D eigenvalue weighted by Gasteiger charge is 2.31. The number of aromatic nitrogens is 2. The van der Waals surface area contributed by atoms with Gasteiger partial charge >= 0.3 is 0 Å². The summed E-state index contributed by atoms with van der Waals surface area (Å²) in [5.41, 5.74) is 3.81. The Bertz CT molecular complexity index is 1300. The molecule has 0 spiro atoms. The number of nitrogens with one attached hydrogen (secondary N) is 1. The van der Waals surface area contributed by atoms with Gasteiger partial charge in [-0.2, -0.15) is 0 Å². The maximum atomic E-state index is 15.0. The zero-order valence-electron chi connectivity index (χ0n) is 20.3. The van der Waals surface area contributed by atoms with Gasteiger partial charge in [0, 0.05) is 11.5 Å². The minimum Gasteiger partial charge on any atom is -0.497 e. The molecule has 1 aliphatic heterocycles. The van der Waals surface area contributed by atoms with Gasteiger partial charge in [0.25, 0.3) is 0 Å². The van der Waals surface area contributed by atoms with Crippen LogP contribution in [-0.2, 0) is 13.0 Å². The number of ether oxygens (including phenoxy) is 2. The fraction of sp³-hybridized carbons (Fsp3) is 0.345. The van der Waals surface area contributed by atoms with Gasteiger partial charge in [0.05, 0.1) is 31.8 Å². The monoisotopic (exact) mass is 473 g/mol. The molecule has 0 radical (unpaired) electrons. The lowest BCUT2D eigenvalue weighted by atomic mass is 9.80. The van der Waals surface area contributed by atoms with Crippen molar-refractivity contribution in [3.63, 3.8) is 0 Å². The lowest BCUT2D eigenvalue weighted by molar-refractivity contribution is 0.302. The molecule has 2 heterocycles. The maximum absolute atomic E-state index is 15.0. The summed E-state index contributed by atoms with van der Waals surface area (Å²) in [6, 6.07) is 21.4. The fourth-order valence-electron chi connectivity index (χ4n) is 5.33. The second-order valence-corrected chi connectivity index (χ2v) is 9.21. The zero-order chi connectivity index (χ0) is 24.2. The molecule has 4 aromatic rings. The number of piperidine rings is 1. The van der Waals surface area contributed by atoms with Crippen molar-refractivity contribution in [2.24, 2.45) is 5.92 Å². The number of para-hydroxylation sites is 3. The minimum absolute atomic E-state index is 0.0702. The molecule has 1 saturated heterocycles. The van der Waals surface area contributed by atoms with Gasteiger partial charge < -0.3 is 19.4 Å². The lowest BCUT2D eigenvalue weighted by Crippen LogP contribution is -2.32. The standard InChI is InChI=1S/C29H32FN3O2/c1-34-23-11-12-25(30)22(17-23)18-24(20-13-15-31-16-14-20)29-32-26-8-4-5-9-27(26)33(29)19-21-7-3-6-10-28(21)35-2/h3-12,17,20,24,31H,13-16,18-19H2,1-2H3. The maximum Gasteiger partial charge on any atom is 0.126 e. The number of imidazole rings is 1. The first-order valence-corrected chi connectivity index (χ1v) is 12.3. The van der Waals surface area contributed by atoms with E-state index in [-0.39, 0.29) is 11.7 Å². The van der Waals surface area contributed by atoms with Gasteiger partial charge in [-0.3, -0.25) is 0 Å². The highest BCUT2D eigenvalue weighted by Crippen LogP contribution is 2.37. The highest BCUT2D eigenvalue weighted by atomic mass is 19.1. The van der Waals surface area contributed by atoms with Crippen LogP contribution in [0.4, 0.5) is 4.39 Å². The molecule has 5 nitrogen and oxygen atoms in total. The van der Waals surface area contributed by atoms with Crippen LogP contribution in [0.2, 0.25) is 0 Å². The van der Waals surface area contributed by atoms with E-state index in [1.807, 2.05) is 36.4 Å². The summed E-state index contributed by atoms with van der Waals surface area (Å²) in [5.74, 6) is 2.81.